The van der Waals surface area contributed by atoms with Gasteiger partial charge < -0.3 is 10.6 Å². The lowest BCUT2D eigenvalue weighted by Crippen LogP contribution is -2.45. The molecule has 0 spiro atoms. The van der Waals surface area contributed by atoms with Crippen LogP contribution in [0.15, 0.2) is 34.2 Å². The van der Waals surface area contributed by atoms with Crippen molar-refractivity contribution in [1.29, 1.82) is 0 Å². The molecule has 0 saturated heterocycles. The summed E-state index contributed by atoms with van der Waals surface area (Å²) in [4.78, 5) is 7.03. The summed E-state index contributed by atoms with van der Waals surface area (Å²) in [6, 6.07) is 8.26. The van der Waals surface area contributed by atoms with Crippen molar-refractivity contribution in [1.82, 2.24) is 15.5 Å². The van der Waals surface area contributed by atoms with Crippen LogP contribution in [0, 0.1) is 0 Å². The van der Waals surface area contributed by atoms with Gasteiger partial charge in [-0.3, -0.25) is 9.89 Å². The largest absolute Gasteiger partial charge is 0.356 e. The number of hydrogen-bond acceptors (Lipinski definition) is 4. The highest BCUT2D eigenvalue weighted by molar-refractivity contribution is 14.0. The zero-order chi connectivity index (χ0) is 18.4. The fourth-order valence-electron chi connectivity index (χ4n) is 2.68. The molecule has 8 heteroatoms. The second-order valence-electron chi connectivity index (χ2n) is 6.79. The number of likely N-dealkylation sites (N-methyl/N-ethyl adjacent to an activating group) is 1. The van der Waals surface area contributed by atoms with Crippen LogP contribution in [0.3, 0.4) is 0 Å². The van der Waals surface area contributed by atoms with Crippen molar-refractivity contribution >= 4 is 39.8 Å². The summed E-state index contributed by atoms with van der Waals surface area (Å²) < 4.78 is 22.9. The van der Waals surface area contributed by atoms with Crippen LogP contribution in [-0.4, -0.2) is 64.8 Å². The fourth-order valence-corrected chi connectivity index (χ4v) is 3.31. The van der Waals surface area contributed by atoms with Crippen molar-refractivity contribution in [2.24, 2.45) is 4.99 Å². The monoisotopic (exact) mass is 494 g/mol. The molecule has 1 aromatic carbocycles. The molecule has 0 amide bonds. The van der Waals surface area contributed by atoms with Crippen molar-refractivity contribution in [3.05, 3.63) is 29.8 Å². The van der Waals surface area contributed by atoms with Gasteiger partial charge in [0.05, 0.1) is 4.90 Å². The van der Waals surface area contributed by atoms with Crippen LogP contribution in [0.4, 0.5) is 0 Å². The van der Waals surface area contributed by atoms with E-state index in [2.05, 4.69) is 34.5 Å². The molecule has 1 aromatic rings. The standard InChI is InChI=1S/C18H30N4O2S.HI/c1-14(22(3)16-7-8-16)13-21-18(19-2)20-12-11-15-5-9-17(10-6-15)25(4,23)24;/h5-6,9-10,14,16H,7-8,11-13H2,1-4H3,(H2,19,20,21);1H. The lowest BCUT2D eigenvalue weighted by molar-refractivity contribution is 0.247. The van der Waals surface area contributed by atoms with Gasteiger partial charge in [0, 0.05) is 38.5 Å². The minimum atomic E-state index is -3.13. The molecule has 0 heterocycles. The summed E-state index contributed by atoms with van der Waals surface area (Å²) in [5, 5.41) is 6.67. The lowest BCUT2D eigenvalue weighted by Gasteiger charge is -2.25. The van der Waals surface area contributed by atoms with E-state index in [0.29, 0.717) is 10.9 Å². The molecular formula is C18H31IN4O2S. The van der Waals surface area contributed by atoms with Gasteiger partial charge in [0.25, 0.3) is 0 Å². The quantitative estimate of drug-likeness (QED) is 0.328. The Balaban J connectivity index is 0.00000338. The Labute approximate surface area is 174 Å². The highest BCUT2D eigenvalue weighted by Crippen LogP contribution is 2.26. The lowest BCUT2D eigenvalue weighted by atomic mass is 10.1. The number of hydrogen-bond donors (Lipinski definition) is 2. The molecule has 0 bridgehead atoms. The summed E-state index contributed by atoms with van der Waals surface area (Å²) in [5.74, 6) is 0.795. The highest BCUT2D eigenvalue weighted by atomic mass is 127. The number of sulfone groups is 1. The summed E-state index contributed by atoms with van der Waals surface area (Å²) >= 11 is 0. The molecule has 1 aliphatic rings. The predicted octanol–water partition coefficient (Wildman–Crippen LogP) is 1.90. The van der Waals surface area contributed by atoms with Gasteiger partial charge in [-0.2, -0.15) is 0 Å². The number of benzene rings is 1. The van der Waals surface area contributed by atoms with Gasteiger partial charge >= 0.3 is 0 Å². The minimum absolute atomic E-state index is 0. The van der Waals surface area contributed by atoms with Crippen molar-refractivity contribution in [2.75, 3.05) is 33.4 Å². The van der Waals surface area contributed by atoms with Crippen molar-refractivity contribution in [2.45, 2.75) is 43.2 Å². The van der Waals surface area contributed by atoms with Gasteiger partial charge in [-0.1, -0.05) is 12.1 Å². The molecule has 0 radical (unpaired) electrons. The van der Waals surface area contributed by atoms with E-state index in [9.17, 15) is 8.42 Å². The number of guanidine groups is 1. The second-order valence-corrected chi connectivity index (χ2v) is 8.81. The van der Waals surface area contributed by atoms with Gasteiger partial charge in [-0.25, -0.2) is 8.42 Å². The zero-order valence-electron chi connectivity index (χ0n) is 16.0. The number of rotatable bonds is 8. The zero-order valence-corrected chi connectivity index (χ0v) is 19.2. The van der Waals surface area contributed by atoms with Gasteiger partial charge in [0.1, 0.15) is 0 Å². The van der Waals surface area contributed by atoms with E-state index in [1.54, 1.807) is 19.2 Å². The molecule has 26 heavy (non-hydrogen) atoms. The van der Waals surface area contributed by atoms with Crippen LogP contribution >= 0.6 is 24.0 Å². The molecular weight excluding hydrogens is 463 g/mol. The van der Waals surface area contributed by atoms with Crippen LogP contribution in [0.25, 0.3) is 0 Å². The first kappa shape index (κ1) is 23.2. The van der Waals surface area contributed by atoms with Crippen LogP contribution < -0.4 is 10.6 Å². The summed E-state index contributed by atoms with van der Waals surface area (Å²) in [5.41, 5.74) is 1.09. The molecule has 1 unspecified atom stereocenters. The highest BCUT2D eigenvalue weighted by Gasteiger charge is 2.28. The Bertz CT molecular complexity index is 688. The van der Waals surface area contributed by atoms with E-state index in [1.165, 1.54) is 19.1 Å². The van der Waals surface area contributed by atoms with Gasteiger partial charge in [-0.05, 0) is 50.9 Å². The summed E-state index contributed by atoms with van der Waals surface area (Å²) in [6.45, 7) is 3.82. The molecule has 6 nitrogen and oxygen atoms in total. The normalized spacial score (nSPS) is 16.1. The van der Waals surface area contributed by atoms with Crippen LogP contribution in [0.5, 0.6) is 0 Å². The third kappa shape index (κ3) is 7.40. The third-order valence-corrected chi connectivity index (χ3v) is 5.79. The molecule has 1 fully saturated rings. The predicted molar refractivity (Wildman–Crippen MR) is 118 cm³/mol. The first-order chi connectivity index (χ1) is 11.8. The molecule has 1 atom stereocenters. The first-order valence-electron chi connectivity index (χ1n) is 8.76. The third-order valence-electron chi connectivity index (χ3n) is 4.66. The van der Waals surface area contributed by atoms with E-state index in [4.69, 9.17) is 0 Å². The molecule has 1 aliphatic carbocycles. The fraction of sp³-hybridized carbons (Fsp3) is 0.611. The average Bonchev–Trinajstić information content (AvgIpc) is 3.41. The Morgan fingerprint density at radius 3 is 2.38 bits per heavy atom. The van der Waals surface area contributed by atoms with Crippen molar-refractivity contribution in [3.63, 3.8) is 0 Å². The van der Waals surface area contributed by atoms with Crippen LogP contribution in [0.1, 0.15) is 25.3 Å². The van der Waals surface area contributed by atoms with Crippen LogP contribution in [0.2, 0.25) is 0 Å². The first-order valence-corrected chi connectivity index (χ1v) is 10.7. The Morgan fingerprint density at radius 1 is 1.27 bits per heavy atom. The van der Waals surface area contributed by atoms with Gasteiger partial charge in [0.15, 0.2) is 15.8 Å². The molecule has 1 saturated carbocycles. The van der Waals surface area contributed by atoms with Crippen molar-refractivity contribution < 1.29 is 8.42 Å². The maximum absolute atomic E-state index is 11.5. The van der Waals surface area contributed by atoms with Gasteiger partial charge in [0.2, 0.25) is 0 Å². The molecule has 0 aliphatic heterocycles. The van der Waals surface area contributed by atoms with E-state index >= 15 is 0 Å². The smallest absolute Gasteiger partial charge is 0.191 e. The maximum Gasteiger partial charge on any atom is 0.191 e. The SMILES string of the molecule is CN=C(NCCc1ccc(S(C)(=O)=O)cc1)NCC(C)N(C)C1CC1.I. The molecule has 2 rings (SSSR count). The molecule has 0 aromatic heterocycles. The molecule has 148 valence electrons. The topological polar surface area (TPSA) is 73.8 Å². The van der Waals surface area contributed by atoms with E-state index in [-0.39, 0.29) is 24.0 Å². The number of nitrogens with one attached hydrogen (secondary N) is 2. The number of halogens is 1. The van der Waals surface area contributed by atoms with E-state index < -0.39 is 9.84 Å². The van der Waals surface area contributed by atoms with Gasteiger partial charge in [-0.15, -0.1) is 24.0 Å². The van der Waals surface area contributed by atoms with E-state index in [0.717, 1.165) is 37.1 Å². The van der Waals surface area contributed by atoms with E-state index in [1.807, 2.05) is 12.1 Å². The average molecular weight is 494 g/mol. The Kier molecular flexibility index (Phi) is 9.32. The van der Waals surface area contributed by atoms with Crippen LogP contribution in [-0.2, 0) is 16.3 Å². The Morgan fingerprint density at radius 2 is 1.88 bits per heavy atom. The number of aliphatic imine (C=N–C) groups is 1. The maximum atomic E-state index is 11.5. The summed E-state index contributed by atoms with van der Waals surface area (Å²) in [6.07, 6.45) is 4.65. The molecule has 2 N–H and O–H groups in total. The summed E-state index contributed by atoms with van der Waals surface area (Å²) in [7, 11) is 0.820. The second kappa shape index (κ2) is 10.5. The Hall–Kier alpha value is -0.870. The van der Waals surface area contributed by atoms with Crippen molar-refractivity contribution in [3.8, 4) is 0 Å². The minimum Gasteiger partial charge on any atom is -0.356 e. The number of nitrogens with zero attached hydrogens (tertiary/aromatic N) is 2.